The third-order valence-corrected chi connectivity index (χ3v) is 3.35. The van der Waals surface area contributed by atoms with E-state index in [2.05, 4.69) is 10.4 Å². The second-order valence-corrected chi connectivity index (χ2v) is 5.51. The van der Waals surface area contributed by atoms with Crippen molar-refractivity contribution in [2.24, 2.45) is 0 Å². The zero-order valence-electron chi connectivity index (χ0n) is 13.5. The Morgan fingerprint density at radius 2 is 1.96 bits per heavy atom. The quantitative estimate of drug-likeness (QED) is 0.850. The third-order valence-electron chi connectivity index (χ3n) is 3.35. The number of carbonyl (C=O) groups is 2. The van der Waals surface area contributed by atoms with Crippen LogP contribution in [0.5, 0.6) is 0 Å². The van der Waals surface area contributed by atoms with Crippen molar-refractivity contribution in [3.63, 3.8) is 0 Å². The smallest absolute Gasteiger partial charge is 0.249 e. The molecular weight excluding hydrogens is 294 g/mol. The van der Waals surface area contributed by atoms with Gasteiger partial charge in [-0.3, -0.25) is 9.59 Å². The van der Waals surface area contributed by atoms with Gasteiger partial charge in [0.2, 0.25) is 11.8 Å². The van der Waals surface area contributed by atoms with Crippen LogP contribution in [0, 0.1) is 6.92 Å². The number of anilines is 1. The molecule has 1 atom stereocenters. The first-order chi connectivity index (χ1) is 10.9. The summed E-state index contributed by atoms with van der Waals surface area (Å²) in [6.07, 6.45) is 0. The Morgan fingerprint density at radius 3 is 2.48 bits per heavy atom. The number of hydrogen-bond donors (Lipinski definition) is 2. The number of nitrogen functional groups attached to an aromatic ring is 1. The van der Waals surface area contributed by atoms with Crippen LogP contribution in [-0.2, 0) is 16.1 Å². The molecule has 23 heavy (non-hydrogen) atoms. The van der Waals surface area contributed by atoms with E-state index in [4.69, 9.17) is 5.73 Å². The number of amides is 2. The van der Waals surface area contributed by atoms with E-state index in [1.54, 1.807) is 39.2 Å². The monoisotopic (exact) mass is 315 g/mol. The molecule has 1 aromatic heterocycles. The highest BCUT2D eigenvalue weighted by Crippen LogP contribution is 2.15. The van der Waals surface area contributed by atoms with Crippen LogP contribution in [0.3, 0.4) is 0 Å². The van der Waals surface area contributed by atoms with Gasteiger partial charge >= 0.3 is 0 Å². The highest BCUT2D eigenvalue weighted by atomic mass is 16.2. The standard InChI is InChI=1S/C16H21N5O2/c1-11-9-13(17)21(19-11)10-14(22)18-15(16(23)20(2)3)12-7-5-4-6-8-12/h4-9,15H,10,17H2,1-3H3,(H,18,22)/t15-/m1/s1. The maximum Gasteiger partial charge on any atom is 0.249 e. The maximum atomic E-state index is 12.4. The van der Waals surface area contributed by atoms with Gasteiger partial charge in [-0.1, -0.05) is 30.3 Å². The zero-order chi connectivity index (χ0) is 17.0. The van der Waals surface area contributed by atoms with E-state index in [0.29, 0.717) is 5.82 Å². The maximum absolute atomic E-state index is 12.4. The number of aromatic nitrogens is 2. The Balaban J connectivity index is 2.16. The van der Waals surface area contributed by atoms with E-state index in [0.717, 1.165) is 11.3 Å². The molecule has 0 saturated carbocycles. The van der Waals surface area contributed by atoms with Gasteiger partial charge in [0.15, 0.2) is 0 Å². The van der Waals surface area contributed by atoms with Gasteiger partial charge in [-0.05, 0) is 12.5 Å². The number of likely N-dealkylation sites (N-methyl/N-ethyl adjacent to an activating group) is 1. The van der Waals surface area contributed by atoms with Gasteiger partial charge in [-0.15, -0.1) is 0 Å². The average molecular weight is 315 g/mol. The van der Waals surface area contributed by atoms with Crippen molar-refractivity contribution in [3.8, 4) is 0 Å². The van der Waals surface area contributed by atoms with Gasteiger partial charge in [0.25, 0.3) is 0 Å². The lowest BCUT2D eigenvalue weighted by atomic mass is 10.1. The number of benzene rings is 1. The van der Waals surface area contributed by atoms with Gasteiger partial charge in [0.05, 0.1) is 5.69 Å². The number of aryl methyl sites for hydroxylation is 1. The van der Waals surface area contributed by atoms with Crippen molar-refractivity contribution in [1.82, 2.24) is 20.0 Å². The molecule has 0 fully saturated rings. The topological polar surface area (TPSA) is 93.2 Å². The summed E-state index contributed by atoms with van der Waals surface area (Å²) in [5, 5.41) is 6.90. The number of rotatable bonds is 5. The van der Waals surface area contributed by atoms with Gasteiger partial charge in [0.1, 0.15) is 18.4 Å². The van der Waals surface area contributed by atoms with Crippen molar-refractivity contribution in [2.75, 3.05) is 19.8 Å². The second kappa shape index (κ2) is 6.95. The Bertz CT molecular complexity index is 694. The molecule has 1 aromatic carbocycles. The van der Waals surface area contributed by atoms with E-state index in [1.807, 2.05) is 18.2 Å². The molecule has 0 aliphatic rings. The molecule has 3 N–H and O–H groups in total. The van der Waals surface area contributed by atoms with E-state index in [1.165, 1.54) is 9.58 Å². The Morgan fingerprint density at radius 1 is 1.30 bits per heavy atom. The molecule has 2 rings (SSSR count). The summed E-state index contributed by atoms with van der Waals surface area (Å²) in [6.45, 7) is 1.76. The molecule has 1 heterocycles. The first-order valence-corrected chi connectivity index (χ1v) is 7.24. The molecule has 0 radical (unpaired) electrons. The first-order valence-electron chi connectivity index (χ1n) is 7.24. The van der Waals surface area contributed by atoms with Crippen LogP contribution < -0.4 is 11.1 Å². The summed E-state index contributed by atoms with van der Waals surface area (Å²) < 4.78 is 1.41. The van der Waals surface area contributed by atoms with E-state index in [9.17, 15) is 9.59 Å². The lowest BCUT2D eigenvalue weighted by molar-refractivity contribution is -0.134. The Labute approximate surface area is 135 Å². The van der Waals surface area contributed by atoms with Crippen molar-refractivity contribution >= 4 is 17.6 Å². The normalized spacial score (nSPS) is 11.8. The second-order valence-electron chi connectivity index (χ2n) is 5.51. The predicted octanol–water partition coefficient (Wildman–Crippen LogP) is 0.719. The van der Waals surface area contributed by atoms with Gasteiger partial charge in [-0.2, -0.15) is 5.10 Å². The molecule has 0 saturated heterocycles. The molecule has 0 spiro atoms. The van der Waals surface area contributed by atoms with Crippen molar-refractivity contribution in [3.05, 3.63) is 47.7 Å². The van der Waals surface area contributed by atoms with Crippen LogP contribution in [-0.4, -0.2) is 40.6 Å². The van der Waals surface area contributed by atoms with Crippen molar-refractivity contribution in [2.45, 2.75) is 19.5 Å². The van der Waals surface area contributed by atoms with Crippen LogP contribution in [0.1, 0.15) is 17.3 Å². The number of carbonyl (C=O) groups excluding carboxylic acids is 2. The van der Waals surface area contributed by atoms with Crippen LogP contribution in [0.2, 0.25) is 0 Å². The summed E-state index contributed by atoms with van der Waals surface area (Å²) in [4.78, 5) is 26.1. The largest absolute Gasteiger partial charge is 0.384 e. The molecule has 7 heteroatoms. The van der Waals surface area contributed by atoms with Crippen molar-refractivity contribution in [1.29, 1.82) is 0 Å². The van der Waals surface area contributed by atoms with Gasteiger partial charge < -0.3 is 16.0 Å². The van der Waals surface area contributed by atoms with Crippen LogP contribution in [0.25, 0.3) is 0 Å². The first kappa shape index (κ1) is 16.5. The van der Waals surface area contributed by atoms with Gasteiger partial charge in [0, 0.05) is 20.2 Å². The summed E-state index contributed by atoms with van der Waals surface area (Å²) in [5.41, 5.74) is 7.25. The average Bonchev–Trinajstić information content (AvgIpc) is 2.82. The fourth-order valence-corrected chi connectivity index (χ4v) is 2.23. The fourth-order valence-electron chi connectivity index (χ4n) is 2.23. The molecule has 0 unspecified atom stereocenters. The van der Waals surface area contributed by atoms with Gasteiger partial charge in [-0.25, -0.2) is 4.68 Å². The lowest BCUT2D eigenvalue weighted by Gasteiger charge is -2.22. The highest BCUT2D eigenvalue weighted by Gasteiger charge is 2.24. The third kappa shape index (κ3) is 4.09. The Hall–Kier alpha value is -2.83. The predicted molar refractivity (Wildman–Crippen MR) is 87.4 cm³/mol. The number of nitrogens with one attached hydrogen (secondary N) is 1. The van der Waals surface area contributed by atoms with Crippen LogP contribution in [0.15, 0.2) is 36.4 Å². The summed E-state index contributed by atoms with van der Waals surface area (Å²) in [6, 6.07) is 10.1. The van der Waals surface area contributed by atoms with E-state index in [-0.39, 0.29) is 18.4 Å². The lowest BCUT2D eigenvalue weighted by Crippen LogP contribution is -2.41. The minimum atomic E-state index is -0.739. The molecule has 2 aromatic rings. The SMILES string of the molecule is Cc1cc(N)n(CC(=O)N[C@@H](C(=O)N(C)C)c2ccccc2)n1. The summed E-state index contributed by atoms with van der Waals surface area (Å²) in [5.74, 6) is -0.120. The minimum Gasteiger partial charge on any atom is -0.384 e. The Kier molecular flexibility index (Phi) is 5.00. The highest BCUT2D eigenvalue weighted by molar-refractivity contribution is 5.88. The molecule has 0 aliphatic heterocycles. The van der Waals surface area contributed by atoms with E-state index < -0.39 is 6.04 Å². The molecule has 7 nitrogen and oxygen atoms in total. The van der Waals surface area contributed by atoms with E-state index >= 15 is 0 Å². The zero-order valence-corrected chi connectivity index (χ0v) is 13.5. The van der Waals surface area contributed by atoms with Crippen LogP contribution in [0.4, 0.5) is 5.82 Å². The summed E-state index contributed by atoms with van der Waals surface area (Å²) >= 11 is 0. The fraction of sp³-hybridized carbons (Fsp3) is 0.312. The molecule has 2 amide bonds. The number of nitrogens with two attached hydrogens (primary N) is 1. The minimum absolute atomic E-state index is 0.0380. The molecular formula is C16H21N5O2. The summed E-state index contributed by atoms with van der Waals surface area (Å²) in [7, 11) is 3.30. The van der Waals surface area contributed by atoms with Crippen molar-refractivity contribution < 1.29 is 9.59 Å². The molecule has 122 valence electrons. The van der Waals surface area contributed by atoms with Crippen LogP contribution >= 0.6 is 0 Å². The molecule has 0 aliphatic carbocycles. The number of hydrogen-bond acceptors (Lipinski definition) is 4. The molecule has 0 bridgehead atoms. The number of nitrogens with zero attached hydrogens (tertiary/aromatic N) is 3.